The number of hydrogen-bond acceptors (Lipinski definition) is 0. The minimum absolute atomic E-state index is 0.173. The van der Waals surface area contributed by atoms with Gasteiger partial charge in [0.25, 0.3) is 0 Å². The summed E-state index contributed by atoms with van der Waals surface area (Å²) in [6.45, 7) is 14.3. The number of fused-ring (bicyclic) bond motifs is 4. The highest BCUT2D eigenvalue weighted by Crippen LogP contribution is 2.64. The topological polar surface area (TPSA) is 0 Å². The van der Waals surface area contributed by atoms with E-state index in [0.717, 1.165) is 0 Å². The highest BCUT2D eigenvalue weighted by molar-refractivity contribution is 14.1. The molecule has 132 valence electrons. The Morgan fingerprint density at radius 2 is 1.04 bits per heavy atom. The van der Waals surface area contributed by atoms with E-state index >= 15 is 0 Å². The standard InChI is InChI=1S/C23H26I2/c1-13-7-15-19(17(24)9-13)23(11-21(15,3)4)12-22(5,6)16-8-14(2)10-18(25)20(16)23/h7-10H,11-12H2,1-6H3. The first kappa shape index (κ1) is 18.3. The zero-order valence-corrected chi connectivity index (χ0v) is 20.3. The van der Waals surface area contributed by atoms with Gasteiger partial charge in [-0.1, -0.05) is 39.8 Å². The van der Waals surface area contributed by atoms with Crippen molar-refractivity contribution in [3.8, 4) is 0 Å². The summed E-state index contributed by atoms with van der Waals surface area (Å²) >= 11 is 5.19. The summed E-state index contributed by atoms with van der Waals surface area (Å²) in [5.74, 6) is 0. The first-order valence-corrected chi connectivity index (χ1v) is 11.3. The molecule has 0 saturated heterocycles. The van der Waals surface area contributed by atoms with Crippen LogP contribution in [0, 0.1) is 21.0 Å². The van der Waals surface area contributed by atoms with Crippen LogP contribution in [0.1, 0.15) is 73.9 Å². The molecule has 25 heavy (non-hydrogen) atoms. The van der Waals surface area contributed by atoms with E-state index in [1.54, 1.807) is 22.3 Å². The van der Waals surface area contributed by atoms with Gasteiger partial charge in [0, 0.05) is 12.6 Å². The summed E-state index contributed by atoms with van der Waals surface area (Å²) in [6, 6.07) is 9.68. The van der Waals surface area contributed by atoms with Gasteiger partial charge in [-0.2, -0.15) is 0 Å². The second kappa shape index (κ2) is 5.46. The van der Waals surface area contributed by atoms with E-state index in [-0.39, 0.29) is 16.2 Å². The SMILES string of the molecule is Cc1cc(I)c2c(c1)C(C)(C)CC21CC(C)(C)c2cc(C)cc(I)c21. The highest BCUT2D eigenvalue weighted by Gasteiger charge is 2.57. The van der Waals surface area contributed by atoms with Crippen molar-refractivity contribution in [2.24, 2.45) is 0 Å². The normalized spacial score (nSPS) is 21.4. The molecule has 2 aliphatic carbocycles. The zero-order valence-electron chi connectivity index (χ0n) is 16.0. The fraction of sp³-hybridized carbons (Fsp3) is 0.478. The van der Waals surface area contributed by atoms with Crippen LogP contribution in [0.5, 0.6) is 0 Å². The van der Waals surface area contributed by atoms with E-state index in [0.29, 0.717) is 0 Å². The fourth-order valence-corrected chi connectivity index (χ4v) is 8.36. The molecule has 0 N–H and O–H groups in total. The first-order valence-electron chi connectivity index (χ1n) is 9.10. The Morgan fingerprint density at radius 1 is 0.680 bits per heavy atom. The van der Waals surface area contributed by atoms with E-state index in [1.165, 1.54) is 31.1 Å². The van der Waals surface area contributed by atoms with Crippen molar-refractivity contribution in [1.82, 2.24) is 0 Å². The lowest BCUT2D eigenvalue weighted by atomic mass is 9.72. The van der Waals surface area contributed by atoms with E-state index in [9.17, 15) is 0 Å². The maximum atomic E-state index is 2.59. The minimum Gasteiger partial charge on any atom is -0.0558 e. The van der Waals surface area contributed by atoms with Crippen molar-refractivity contribution in [3.63, 3.8) is 0 Å². The van der Waals surface area contributed by atoms with Crippen LogP contribution in [0.25, 0.3) is 0 Å². The average molecular weight is 556 g/mol. The second-order valence-electron chi connectivity index (χ2n) is 9.54. The molecule has 2 heteroatoms. The molecule has 0 bridgehead atoms. The monoisotopic (exact) mass is 556 g/mol. The van der Waals surface area contributed by atoms with Crippen LogP contribution in [0.4, 0.5) is 0 Å². The Labute approximate surface area is 179 Å². The van der Waals surface area contributed by atoms with Crippen LogP contribution in [-0.2, 0) is 16.2 Å². The van der Waals surface area contributed by atoms with Crippen molar-refractivity contribution in [1.29, 1.82) is 0 Å². The van der Waals surface area contributed by atoms with Gasteiger partial charge in [-0.25, -0.2) is 0 Å². The van der Waals surface area contributed by atoms with Crippen LogP contribution in [0.15, 0.2) is 24.3 Å². The molecule has 0 amide bonds. The van der Waals surface area contributed by atoms with Gasteiger partial charge in [-0.05, 0) is 128 Å². The fourth-order valence-electron chi connectivity index (χ4n) is 5.77. The lowest BCUT2D eigenvalue weighted by Gasteiger charge is -2.31. The summed E-state index contributed by atoms with van der Waals surface area (Å²) in [5.41, 5.74) is 9.82. The Hall–Kier alpha value is -0.100. The number of aryl methyl sites for hydroxylation is 2. The molecule has 2 aliphatic rings. The van der Waals surface area contributed by atoms with Crippen LogP contribution >= 0.6 is 45.2 Å². The van der Waals surface area contributed by atoms with Crippen molar-refractivity contribution in [2.75, 3.05) is 0 Å². The Morgan fingerprint density at radius 3 is 1.40 bits per heavy atom. The first-order chi connectivity index (χ1) is 11.5. The quantitative estimate of drug-likeness (QED) is 0.302. The Bertz CT molecular complexity index is 827. The van der Waals surface area contributed by atoms with E-state index in [1.807, 2.05) is 0 Å². The summed E-state index contributed by atoms with van der Waals surface area (Å²) in [5, 5.41) is 0. The molecule has 2 aromatic rings. The molecule has 0 nitrogen and oxygen atoms in total. The van der Waals surface area contributed by atoms with Crippen molar-refractivity contribution < 1.29 is 0 Å². The smallest absolute Gasteiger partial charge is 0.0246 e. The van der Waals surface area contributed by atoms with Crippen LogP contribution in [0.2, 0.25) is 0 Å². The van der Waals surface area contributed by atoms with E-state index in [4.69, 9.17) is 0 Å². The van der Waals surface area contributed by atoms with Crippen LogP contribution < -0.4 is 0 Å². The maximum absolute atomic E-state index is 2.59. The average Bonchev–Trinajstić information content (AvgIpc) is 2.77. The third-order valence-corrected chi connectivity index (χ3v) is 8.07. The number of halogens is 2. The van der Waals surface area contributed by atoms with E-state index in [2.05, 4.69) is 111 Å². The summed E-state index contributed by atoms with van der Waals surface area (Å²) < 4.78 is 2.91. The van der Waals surface area contributed by atoms with Crippen LogP contribution in [-0.4, -0.2) is 0 Å². The highest BCUT2D eigenvalue weighted by atomic mass is 127. The molecule has 0 fully saturated rings. The molecule has 0 heterocycles. The third kappa shape index (κ3) is 2.49. The Kier molecular flexibility index (Phi) is 3.99. The van der Waals surface area contributed by atoms with Crippen molar-refractivity contribution in [2.45, 2.75) is 70.6 Å². The van der Waals surface area contributed by atoms with Crippen LogP contribution in [0.3, 0.4) is 0 Å². The lowest BCUT2D eigenvalue weighted by molar-refractivity contribution is 0.348. The molecular formula is C23H26I2. The number of benzene rings is 2. The van der Waals surface area contributed by atoms with Gasteiger partial charge < -0.3 is 0 Å². The molecular weight excluding hydrogens is 530 g/mol. The van der Waals surface area contributed by atoms with Gasteiger partial charge in [0.05, 0.1) is 0 Å². The van der Waals surface area contributed by atoms with Crippen molar-refractivity contribution >= 4 is 45.2 Å². The molecule has 0 saturated carbocycles. The number of hydrogen-bond donors (Lipinski definition) is 0. The largest absolute Gasteiger partial charge is 0.0558 e. The molecule has 0 unspecified atom stereocenters. The third-order valence-electron chi connectivity index (χ3n) is 6.37. The van der Waals surface area contributed by atoms with Gasteiger partial charge in [0.2, 0.25) is 0 Å². The molecule has 0 radical (unpaired) electrons. The number of rotatable bonds is 0. The summed E-state index contributed by atoms with van der Waals surface area (Å²) in [4.78, 5) is 0. The molecule has 0 aliphatic heterocycles. The molecule has 2 aromatic carbocycles. The molecule has 4 rings (SSSR count). The molecule has 0 atom stereocenters. The zero-order chi connectivity index (χ0) is 18.4. The van der Waals surface area contributed by atoms with E-state index < -0.39 is 0 Å². The maximum Gasteiger partial charge on any atom is 0.0246 e. The van der Waals surface area contributed by atoms with Gasteiger partial charge in [-0.3, -0.25) is 0 Å². The van der Waals surface area contributed by atoms with Gasteiger partial charge in [0.15, 0.2) is 0 Å². The molecule has 0 aromatic heterocycles. The lowest BCUT2D eigenvalue weighted by Crippen LogP contribution is -2.28. The predicted octanol–water partition coefficient (Wildman–Crippen LogP) is 7.16. The second-order valence-corrected chi connectivity index (χ2v) is 11.9. The molecule has 1 spiro atoms. The van der Waals surface area contributed by atoms with Gasteiger partial charge >= 0.3 is 0 Å². The minimum atomic E-state index is 0.173. The van der Waals surface area contributed by atoms with Gasteiger partial charge in [0.1, 0.15) is 0 Å². The summed E-state index contributed by atoms with van der Waals surface area (Å²) in [6.07, 6.45) is 2.45. The Balaban J connectivity index is 2.11. The van der Waals surface area contributed by atoms with Crippen molar-refractivity contribution in [3.05, 3.63) is 64.8 Å². The van der Waals surface area contributed by atoms with Gasteiger partial charge in [-0.15, -0.1) is 0 Å². The summed E-state index contributed by atoms with van der Waals surface area (Å²) in [7, 11) is 0. The predicted molar refractivity (Wildman–Crippen MR) is 124 cm³/mol.